The minimum atomic E-state index is -0.996. The summed E-state index contributed by atoms with van der Waals surface area (Å²) in [5.41, 5.74) is 1.38. The van der Waals surface area contributed by atoms with Gasteiger partial charge in [0, 0.05) is 10.7 Å². The Bertz CT molecular complexity index is 763. The lowest BCUT2D eigenvalue weighted by molar-refractivity contribution is -0.152. The minimum absolute atomic E-state index is 0.167. The van der Waals surface area contributed by atoms with Crippen LogP contribution < -0.4 is 10.6 Å². The van der Waals surface area contributed by atoms with E-state index in [1.54, 1.807) is 24.3 Å². The van der Waals surface area contributed by atoms with Crippen LogP contribution >= 0.6 is 11.6 Å². The van der Waals surface area contributed by atoms with Crippen LogP contribution in [0.3, 0.4) is 0 Å². The summed E-state index contributed by atoms with van der Waals surface area (Å²) in [6, 6.07) is 15.7. The van der Waals surface area contributed by atoms with Crippen molar-refractivity contribution in [1.29, 1.82) is 0 Å². The van der Waals surface area contributed by atoms with E-state index in [9.17, 15) is 14.4 Å². The first kappa shape index (κ1) is 19.5. The van der Waals surface area contributed by atoms with Crippen LogP contribution in [0.5, 0.6) is 0 Å². The molecule has 0 spiro atoms. The van der Waals surface area contributed by atoms with Crippen LogP contribution in [0.4, 0.5) is 5.69 Å². The van der Waals surface area contributed by atoms with Crippen molar-refractivity contribution in [3.05, 3.63) is 65.2 Å². The number of nitrogens with one attached hydrogen (secondary N) is 2. The lowest BCUT2D eigenvalue weighted by atomic mass is 10.1. The highest BCUT2D eigenvalue weighted by atomic mass is 35.5. The maximum Gasteiger partial charge on any atom is 0.326 e. The number of halogens is 1. The number of anilines is 1. The maximum atomic E-state index is 12.0. The smallest absolute Gasteiger partial charge is 0.326 e. The number of hydrogen-bond donors (Lipinski definition) is 2. The number of carbonyl (C=O) groups excluding carboxylic acids is 3. The predicted molar refractivity (Wildman–Crippen MR) is 98.8 cm³/mol. The van der Waals surface area contributed by atoms with Gasteiger partial charge in [-0.2, -0.15) is 0 Å². The highest BCUT2D eigenvalue weighted by Crippen LogP contribution is 2.13. The Morgan fingerprint density at radius 1 is 1.04 bits per heavy atom. The number of hydrogen-bond acceptors (Lipinski definition) is 4. The number of rotatable bonds is 7. The lowest BCUT2D eigenvalue weighted by Crippen LogP contribution is -2.36. The molecular weight excluding hydrogens is 356 g/mol. The molecule has 2 aromatic rings. The van der Waals surface area contributed by atoms with Gasteiger partial charge in [0.1, 0.15) is 6.54 Å². The Kier molecular flexibility index (Phi) is 7.17. The van der Waals surface area contributed by atoms with Crippen LogP contribution in [-0.2, 0) is 25.5 Å². The number of benzene rings is 2. The number of esters is 1. The summed E-state index contributed by atoms with van der Waals surface area (Å²) >= 11 is 5.77. The Morgan fingerprint density at radius 3 is 2.35 bits per heavy atom. The molecule has 0 unspecified atom stereocenters. The highest BCUT2D eigenvalue weighted by molar-refractivity contribution is 6.30. The molecule has 0 saturated heterocycles. The number of carbonyl (C=O) groups is 3. The summed E-state index contributed by atoms with van der Waals surface area (Å²) in [5.74, 6) is -1.46. The zero-order valence-electron chi connectivity index (χ0n) is 14.2. The Labute approximate surface area is 156 Å². The quantitative estimate of drug-likeness (QED) is 0.729. The Hall–Kier alpha value is -2.86. The van der Waals surface area contributed by atoms with E-state index in [0.29, 0.717) is 10.7 Å². The first-order valence-electron chi connectivity index (χ1n) is 8.00. The molecule has 0 aliphatic carbocycles. The molecule has 2 amide bonds. The summed E-state index contributed by atoms with van der Waals surface area (Å²) < 4.78 is 5.02. The third-order valence-electron chi connectivity index (χ3n) is 3.43. The molecule has 0 fully saturated rings. The van der Waals surface area contributed by atoms with Crippen molar-refractivity contribution in [3.63, 3.8) is 0 Å². The molecule has 136 valence electrons. The average molecular weight is 375 g/mol. The van der Waals surface area contributed by atoms with E-state index >= 15 is 0 Å². The van der Waals surface area contributed by atoms with Gasteiger partial charge in [0.15, 0.2) is 6.10 Å². The highest BCUT2D eigenvalue weighted by Gasteiger charge is 2.18. The van der Waals surface area contributed by atoms with Crippen molar-refractivity contribution < 1.29 is 19.1 Å². The molecular formula is C19H19ClN2O4. The fourth-order valence-electron chi connectivity index (χ4n) is 2.08. The molecule has 0 radical (unpaired) electrons. The van der Waals surface area contributed by atoms with Gasteiger partial charge in [-0.1, -0.05) is 41.9 Å². The third-order valence-corrected chi connectivity index (χ3v) is 3.68. The van der Waals surface area contributed by atoms with Gasteiger partial charge in [-0.15, -0.1) is 0 Å². The van der Waals surface area contributed by atoms with Crippen LogP contribution in [0.15, 0.2) is 54.6 Å². The topological polar surface area (TPSA) is 84.5 Å². The van der Waals surface area contributed by atoms with Crippen molar-refractivity contribution >= 4 is 35.1 Å². The first-order chi connectivity index (χ1) is 12.4. The number of ether oxygens (including phenoxy) is 1. The van der Waals surface area contributed by atoms with E-state index in [1.165, 1.54) is 6.92 Å². The van der Waals surface area contributed by atoms with Crippen LogP contribution in [0.2, 0.25) is 5.02 Å². The van der Waals surface area contributed by atoms with E-state index in [-0.39, 0.29) is 18.9 Å². The maximum absolute atomic E-state index is 12.0. The van der Waals surface area contributed by atoms with E-state index in [2.05, 4.69) is 10.6 Å². The standard InChI is InChI=1S/C19H19ClN2O4/c1-13(19(25)22-16-9-7-15(20)8-10-16)26-18(24)12-21-17(23)11-14-5-3-2-4-6-14/h2-10,13H,11-12H2,1H3,(H,21,23)(H,22,25)/t13-/m1/s1. The normalized spacial score (nSPS) is 11.3. The van der Waals surface area contributed by atoms with Gasteiger partial charge in [0.05, 0.1) is 6.42 Å². The van der Waals surface area contributed by atoms with Gasteiger partial charge in [-0.25, -0.2) is 0 Å². The Balaban J connectivity index is 1.73. The van der Waals surface area contributed by atoms with Crippen LogP contribution in [-0.4, -0.2) is 30.4 Å². The minimum Gasteiger partial charge on any atom is -0.451 e. The molecule has 0 saturated carbocycles. The van der Waals surface area contributed by atoms with Gasteiger partial charge in [0.25, 0.3) is 5.91 Å². The average Bonchev–Trinajstić information content (AvgIpc) is 2.62. The molecule has 6 nitrogen and oxygen atoms in total. The van der Waals surface area contributed by atoms with E-state index in [4.69, 9.17) is 16.3 Å². The van der Waals surface area contributed by atoms with Gasteiger partial charge < -0.3 is 15.4 Å². The summed E-state index contributed by atoms with van der Waals surface area (Å²) in [5, 5.41) is 5.63. The largest absolute Gasteiger partial charge is 0.451 e. The summed E-state index contributed by atoms with van der Waals surface area (Å²) in [4.78, 5) is 35.6. The molecule has 0 heterocycles. The van der Waals surface area contributed by atoms with Crippen LogP contribution in [0, 0.1) is 0 Å². The molecule has 2 N–H and O–H groups in total. The van der Waals surface area contributed by atoms with Gasteiger partial charge in [-0.05, 0) is 36.8 Å². The van der Waals surface area contributed by atoms with Gasteiger partial charge in [0.2, 0.25) is 5.91 Å². The second-order valence-corrected chi connectivity index (χ2v) is 6.00. The van der Waals surface area contributed by atoms with Crippen LogP contribution in [0.1, 0.15) is 12.5 Å². The molecule has 2 rings (SSSR count). The molecule has 0 bridgehead atoms. The van der Waals surface area contributed by atoms with Crippen molar-refractivity contribution in [2.45, 2.75) is 19.4 Å². The van der Waals surface area contributed by atoms with Gasteiger partial charge >= 0.3 is 5.97 Å². The zero-order chi connectivity index (χ0) is 18.9. The van der Waals surface area contributed by atoms with E-state index in [1.807, 2.05) is 30.3 Å². The SMILES string of the molecule is C[C@@H](OC(=O)CNC(=O)Cc1ccccc1)C(=O)Nc1ccc(Cl)cc1. The van der Waals surface area contributed by atoms with Crippen molar-refractivity contribution in [3.8, 4) is 0 Å². The Morgan fingerprint density at radius 2 is 1.69 bits per heavy atom. The molecule has 2 aromatic carbocycles. The second kappa shape index (κ2) is 9.58. The van der Waals surface area contributed by atoms with E-state index < -0.39 is 18.0 Å². The summed E-state index contributed by atoms with van der Waals surface area (Å²) in [6.07, 6.45) is -0.829. The lowest BCUT2D eigenvalue weighted by Gasteiger charge is -2.14. The summed E-state index contributed by atoms with van der Waals surface area (Å²) in [6.45, 7) is 1.15. The predicted octanol–water partition coefficient (Wildman–Crippen LogP) is 2.57. The molecule has 1 atom stereocenters. The summed E-state index contributed by atoms with van der Waals surface area (Å²) in [7, 11) is 0. The third kappa shape index (κ3) is 6.57. The van der Waals surface area contributed by atoms with Crippen LogP contribution in [0.25, 0.3) is 0 Å². The molecule has 0 aromatic heterocycles. The second-order valence-electron chi connectivity index (χ2n) is 5.57. The zero-order valence-corrected chi connectivity index (χ0v) is 15.0. The fraction of sp³-hybridized carbons (Fsp3) is 0.211. The van der Waals surface area contributed by atoms with Crippen molar-refractivity contribution in [2.75, 3.05) is 11.9 Å². The molecule has 7 heteroatoms. The molecule has 26 heavy (non-hydrogen) atoms. The molecule has 0 aliphatic heterocycles. The molecule has 0 aliphatic rings. The monoisotopic (exact) mass is 374 g/mol. The van der Waals surface area contributed by atoms with Crippen molar-refractivity contribution in [1.82, 2.24) is 5.32 Å². The van der Waals surface area contributed by atoms with Gasteiger partial charge in [-0.3, -0.25) is 14.4 Å². The fourth-order valence-corrected chi connectivity index (χ4v) is 2.21. The van der Waals surface area contributed by atoms with Crippen molar-refractivity contribution in [2.24, 2.45) is 0 Å². The number of amides is 2. The first-order valence-corrected chi connectivity index (χ1v) is 8.38. The van der Waals surface area contributed by atoms with E-state index in [0.717, 1.165) is 5.56 Å².